The van der Waals surface area contributed by atoms with Gasteiger partial charge >= 0.3 is 0 Å². The molecule has 0 aromatic heterocycles. The summed E-state index contributed by atoms with van der Waals surface area (Å²) in [6.07, 6.45) is 0. The van der Waals surface area contributed by atoms with Crippen molar-refractivity contribution in [1.29, 1.82) is 0 Å². The lowest BCUT2D eigenvalue weighted by molar-refractivity contribution is 0.402. The van der Waals surface area contributed by atoms with Crippen LogP contribution in [-0.4, -0.2) is 24.1 Å². The lowest BCUT2D eigenvalue weighted by Gasteiger charge is -2.10. The van der Waals surface area contributed by atoms with Gasteiger partial charge in [0.15, 0.2) is 0 Å². The molecular weight excluding hydrogens is 210 g/mol. The third kappa shape index (κ3) is 3.08. The number of benzene rings is 2. The molecule has 0 heterocycles. The predicted molar refractivity (Wildman–Crippen MR) is 70.9 cm³/mol. The number of aromatic hydroxyl groups is 1. The third-order valence-electron chi connectivity index (χ3n) is 2.65. The van der Waals surface area contributed by atoms with Gasteiger partial charge in [0.2, 0.25) is 0 Å². The summed E-state index contributed by atoms with van der Waals surface area (Å²) >= 11 is 0. The summed E-state index contributed by atoms with van der Waals surface area (Å²) in [4.78, 5) is 2.15. The van der Waals surface area contributed by atoms with Gasteiger partial charge in [0.1, 0.15) is 5.75 Å². The van der Waals surface area contributed by atoms with Gasteiger partial charge in [-0.2, -0.15) is 0 Å². The molecule has 0 aliphatic heterocycles. The number of phenolic OH excluding ortho intramolecular Hbond substituents is 1. The number of hydrogen-bond acceptors (Lipinski definition) is 2. The minimum atomic E-state index is 0.304. The number of phenols is 1. The van der Waals surface area contributed by atoms with Gasteiger partial charge in [-0.25, -0.2) is 0 Å². The zero-order chi connectivity index (χ0) is 12.3. The van der Waals surface area contributed by atoms with E-state index in [4.69, 9.17) is 0 Å². The molecule has 0 saturated carbocycles. The van der Waals surface area contributed by atoms with Gasteiger partial charge in [0.25, 0.3) is 0 Å². The fourth-order valence-electron chi connectivity index (χ4n) is 1.82. The fourth-order valence-corrected chi connectivity index (χ4v) is 1.82. The molecule has 0 aliphatic carbocycles. The van der Waals surface area contributed by atoms with Crippen molar-refractivity contribution in [2.45, 2.75) is 6.54 Å². The zero-order valence-corrected chi connectivity index (χ0v) is 10.2. The van der Waals surface area contributed by atoms with Crippen molar-refractivity contribution < 1.29 is 5.11 Å². The molecule has 0 radical (unpaired) electrons. The van der Waals surface area contributed by atoms with Crippen LogP contribution in [0.4, 0.5) is 0 Å². The summed E-state index contributed by atoms with van der Waals surface area (Å²) in [5.41, 5.74) is 3.60. The molecule has 0 spiro atoms. The van der Waals surface area contributed by atoms with E-state index in [0.29, 0.717) is 5.75 Å². The molecule has 0 atom stereocenters. The lowest BCUT2D eigenvalue weighted by Crippen LogP contribution is -2.10. The Bertz CT molecular complexity index is 471. The van der Waals surface area contributed by atoms with Crippen LogP contribution < -0.4 is 0 Å². The van der Waals surface area contributed by atoms with E-state index in [2.05, 4.69) is 43.3 Å². The van der Waals surface area contributed by atoms with Gasteiger partial charge < -0.3 is 10.0 Å². The van der Waals surface area contributed by atoms with Crippen LogP contribution in [0.25, 0.3) is 11.1 Å². The summed E-state index contributed by atoms with van der Waals surface area (Å²) in [5.74, 6) is 0.304. The molecule has 2 aromatic rings. The van der Waals surface area contributed by atoms with E-state index in [1.54, 1.807) is 12.1 Å². The molecule has 0 amide bonds. The van der Waals surface area contributed by atoms with Crippen LogP contribution in [0.5, 0.6) is 5.75 Å². The molecule has 2 nitrogen and oxygen atoms in total. The van der Waals surface area contributed by atoms with Crippen LogP contribution in [0, 0.1) is 0 Å². The highest BCUT2D eigenvalue weighted by Gasteiger charge is 1.99. The first kappa shape index (κ1) is 11.7. The van der Waals surface area contributed by atoms with Crippen molar-refractivity contribution in [2.24, 2.45) is 0 Å². The highest BCUT2D eigenvalue weighted by molar-refractivity contribution is 5.64. The number of nitrogens with zero attached hydrogens (tertiary/aromatic N) is 1. The first-order valence-electron chi connectivity index (χ1n) is 5.68. The summed E-state index contributed by atoms with van der Waals surface area (Å²) in [5, 5.41) is 9.24. The number of hydrogen-bond donors (Lipinski definition) is 1. The summed E-state index contributed by atoms with van der Waals surface area (Å²) in [6, 6.07) is 15.8. The lowest BCUT2D eigenvalue weighted by atomic mass is 10.0. The molecule has 0 aliphatic rings. The summed E-state index contributed by atoms with van der Waals surface area (Å²) in [7, 11) is 4.13. The maximum absolute atomic E-state index is 9.24. The third-order valence-corrected chi connectivity index (χ3v) is 2.65. The second kappa shape index (κ2) is 5.02. The molecule has 1 N–H and O–H groups in total. The van der Waals surface area contributed by atoms with E-state index >= 15 is 0 Å². The first-order valence-corrected chi connectivity index (χ1v) is 5.68. The van der Waals surface area contributed by atoms with E-state index in [9.17, 15) is 5.11 Å². The van der Waals surface area contributed by atoms with Crippen molar-refractivity contribution in [3.05, 3.63) is 54.1 Å². The van der Waals surface area contributed by atoms with E-state index < -0.39 is 0 Å². The van der Waals surface area contributed by atoms with E-state index in [1.165, 1.54) is 11.1 Å². The monoisotopic (exact) mass is 227 g/mol. The molecule has 2 heteroatoms. The van der Waals surface area contributed by atoms with Crippen LogP contribution in [0.15, 0.2) is 48.5 Å². The van der Waals surface area contributed by atoms with Crippen LogP contribution in [0.1, 0.15) is 5.56 Å². The molecule has 0 bridgehead atoms. The largest absolute Gasteiger partial charge is 0.508 e. The Morgan fingerprint density at radius 1 is 0.824 bits per heavy atom. The SMILES string of the molecule is CN(C)Cc1ccc(-c2ccc(O)cc2)cc1. The van der Waals surface area contributed by atoms with Gasteiger partial charge in [-0.1, -0.05) is 36.4 Å². The Balaban J connectivity index is 2.20. The first-order chi connectivity index (χ1) is 8.15. The maximum Gasteiger partial charge on any atom is 0.115 e. The van der Waals surface area contributed by atoms with Crippen molar-refractivity contribution in [3.8, 4) is 16.9 Å². The van der Waals surface area contributed by atoms with Crippen molar-refractivity contribution in [2.75, 3.05) is 14.1 Å². The fraction of sp³-hybridized carbons (Fsp3) is 0.200. The molecule has 0 unspecified atom stereocenters. The Morgan fingerprint density at radius 3 is 1.76 bits per heavy atom. The molecular formula is C15H17NO. The Morgan fingerprint density at radius 2 is 1.29 bits per heavy atom. The average Bonchev–Trinajstić information content (AvgIpc) is 2.30. The average molecular weight is 227 g/mol. The Labute approximate surface area is 102 Å². The quantitative estimate of drug-likeness (QED) is 0.870. The van der Waals surface area contributed by atoms with Gasteiger partial charge in [-0.05, 0) is 42.9 Å². The van der Waals surface area contributed by atoms with Crippen molar-refractivity contribution >= 4 is 0 Å². The van der Waals surface area contributed by atoms with Gasteiger partial charge in [0, 0.05) is 6.54 Å². The van der Waals surface area contributed by atoms with Gasteiger partial charge in [-0.3, -0.25) is 0 Å². The van der Waals surface area contributed by atoms with Crippen LogP contribution in [-0.2, 0) is 6.54 Å². The predicted octanol–water partition coefficient (Wildman–Crippen LogP) is 3.12. The van der Waals surface area contributed by atoms with Crippen LogP contribution in [0.2, 0.25) is 0 Å². The highest BCUT2D eigenvalue weighted by atomic mass is 16.3. The second-order valence-corrected chi connectivity index (χ2v) is 4.48. The summed E-state index contributed by atoms with van der Waals surface area (Å²) < 4.78 is 0. The molecule has 17 heavy (non-hydrogen) atoms. The number of rotatable bonds is 3. The van der Waals surface area contributed by atoms with E-state index in [1.807, 2.05) is 12.1 Å². The minimum absolute atomic E-state index is 0.304. The smallest absolute Gasteiger partial charge is 0.115 e. The zero-order valence-electron chi connectivity index (χ0n) is 10.2. The molecule has 2 rings (SSSR count). The van der Waals surface area contributed by atoms with E-state index in [0.717, 1.165) is 12.1 Å². The standard InChI is InChI=1S/C15H17NO/c1-16(2)11-12-3-5-13(6-4-12)14-7-9-15(17)10-8-14/h3-10,17H,11H2,1-2H3. The van der Waals surface area contributed by atoms with Crippen molar-refractivity contribution in [1.82, 2.24) is 4.90 Å². The highest BCUT2D eigenvalue weighted by Crippen LogP contribution is 2.22. The summed E-state index contributed by atoms with van der Waals surface area (Å²) in [6.45, 7) is 0.954. The minimum Gasteiger partial charge on any atom is -0.508 e. The molecule has 0 fully saturated rings. The Hall–Kier alpha value is -1.80. The normalized spacial score (nSPS) is 10.8. The van der Waals surface area contributed by atoms with Crippen LogP contribution >= 0.6 is 0 Å². The molecule has 0 saturated heterocycles. The maximum atomic E-state index is 9.24. The van der Waals surface area contributed by atoms with E-state index in [-0.39, 0.29) is 0 Å². The van der Waals surface area contributed by atoms with Gasteiger partial charge in [-0.15, -0.1) is 0 Å². The van der Waals surface area contributed by atoms with Gasteiger partial charge in [0.05, 0.1) is 0 Å². The topological polar surface area (TPSA) is 23.5 Å². The Kier molecular flexibility index (Phi) is 3.45. The molecule has 2 aromatic carbocycles. The molecule has 88 valence electrons. The van der Waals surface area contributed by atoms with Crippen molar-refractivity contribution in [3.63, 3.8) is 0 Å². The second-order valence-electron chi connectivity index (χ2n) is 4.48. The van der Waals surface area contributed by atoms with Crippen LogP contribution in [0.3, 0.4) is 0 Å².